The molecule has 1 aromatic rings. The minimum absolute atomic E-state index is 0.0223. The van der Waals surface area contributed by atoms with Crippen LogP contribution in [0.2, 0.25) is 0 Å². The lowest BCUT2D eigenvalue weighted by atomic mass is 10.1. The molecule has 1 atom stereocenters. The van der Waals surface area contributed by atoms with Crippen LogP contribution in [0, 0.1) is 5.92 Å². The Bertz CT molecular complexity index is 538. The van der Waals surface area contributed by atoms with E-state index in [1.807, 2.05) is 0 Å². The van der Waals surface area contributed by atoms with Gasteiger partial charge in [0.25, 0.3) is 0 Å². The molecule has 1 heterocycles. The molecule has 2 rings (SSSR count). The number of nitrogens with zero attached hydrogens (tertiary/aromatic N) is 1. The number of likely N-dealkylation sites (tertiary alicyclic amines) is 1. The highest BCUT2D eigenvalue weighted by Gasteiger charge is 2.12. The third kappa shape index (κ3) is 5.94. The highest BCUT2D eigenvalue weighted by atomic mass is 16.2. The second-order valence-electron chi connectivity index (χ2n) is 6.40. The van der Waals surface area contributed by atoms with Gasteiger partial charge in [0.15, 0.2) is 0 Å². The minimum Gasteiger partial charge on any atom is -0.330 e. The van der Waals surface area contributed by atoms with Gasteiger partial charge in [-0.3, -0.25) is 9.59 Å². The van der Waals surface area contributed by atoms with Crippen LogP contribution < -0.4 is 16.4 Å². The number of hydrogen-bond donors (Lipinski definition) is 3. The van der Waals surface area contributed by atoms with Crippen LogP contribution in [0.5, 0.6) is 0 Å². The Labute approximate surface area is 143 Å². The summed E-state index contributed by atoms with van der Waals surface area (Å²) in [6, 6.07) is 7.14. The molecule has 0 spiro atoms. The van der Waals surface area contributed by atoms with Crippen molar-refractivity contribution in [3.05, 3.63) is 24.3 Å². The fraction of sp³-hybridized carbons (Fsp3) is 0.556. The van der Waals surface area contributed by atoms with Crippen molar-refractivity contribution < 1.29 is 9.59 Å². The molecule has 0 bridgehead atoms. The lowest BCUT2D eigenvalue weighted by Crippen LogP contribution is -2.32. The molecule has 1 aliphatic rings. The van der Waals surface area contributed by atoms with Crippen molar-refractivity contribution >= 4 is 23.2 Å². The molecule has 1 saturated heterocycles. The Morgan fingerprint density at radius 3 is 2.25 bits per heavy atom. The number of amides is 2. The zero-order chi connectivity index (χ0) is 17.4. The van der Waals surface area contributed by atoms with Crippen molar-refractivity contribution in [2.24, 2.45) is 11.7 Å². The van der Waals surface area contributed by atoms with E-state index in [4.69, 9.17) is 5.73 Å². The second kappa shape index (κ2) is 9.39. The molecule has 1 fully saturated rings. The summed E-state index contributed by atoms with van der Waals surface area (Å²) in [6.07, 6.45) is 4.28. The molecule has 24 heavy (non-hydrogen) atoms. The van der Waals surface area contributed by atoms with Gasteiger partial charge in [-0.05, 0) is 50.2 Å². The predicted molar refractivity (Wildman–Crippen MR) is 96.8 cm³/mol. The Balaban J connectivity index is 1.76. The SMILES string of the molecule is CC(CN)C(=O)Nc1ccc(NC(=O)CCN2CCCCC2)cc1. The molecule has 0 aliphatic carbocycles. The zero-order valence-electron chi connectivity index (χ0n) is 14.4. The first-order valence-corrected chi connectivity index (χ1v) is 8.71. The molecule has 4 N–H and O–H groups in total. The third-order valence-electron chi connectivity index (χ3n) is 4.34. The van der Waals surface area contributed by atoms with Crippen LogP contribution in [0.15, 0.2) is 24.3 Å². The lowest BCUT2D eigenvalue weighted by molar-refractivity contribution is -0.119. The maximum Gasteiger partial charge on any atom is 0.228 e. The molecular formula is C18H28N4O2. The largest absolute Gasteiger partial charge is 0.330 e. The van der Waals surface area contributed by atoms with Crippen LogP contribution in [0.4, 0.5) is 11.4 Å². The smallest absolute Gasteiger partial charge is 0.228 e. The fourth-order valence-electron chi connectivity index (χ4n) is 2.68. The number of carbonyl (C=O) groups excluding carboxylic acids is 2. The third-order valence-corrected chi connectivity index (χ3v) is 4.34. The average molecular weight is 332 g/mol. The van der Waals surface area contributed by atoms with E-state index in [9.17, 15) is 9.59 Å². The van der Waals surface area contributed by atoms with Gasteiger partial charge in [-0.1, -0.05) is 13.3 Å². The maximum absolute atomic E-state index is 12.0. The number of piperidine rings is 1. The van der Waals surface area contributed by atoms with Gasteiger partial charge in [-0.2, -0.15) is 0 Å². The molecule has 2 amide bonds. The van der Waals surface area contributed by atoms with E-state index < -0.39 is 0 Å². The average Bonchev–Trinajstić information content (AvgIpc) is 2.61. The van der Waals surface area contributed by atoms with E-state index in [2.05, 4.69) is 15.5 Å². The monoisotopic (exact) mass is 332 g/mol. The van der Waals surface area contributed by atoms with Crippen LogP contribution in [0.25, 0.3) is 0 Å². The highest BCUT2D eigenvalue weighted by Crippen LogP contribution is 2.15. The zero-order valence-corrected chi connectivity index (χ0v) is 14.4. The quantitative estimate of drug-likeness (QED) is 0.713. The molecule has 0 radical (unpaired) electrons. The molecule has 6 nitrogen and oxygen atoms in total. The van der Waals surface area contributed by atoms with E-state index in [1.165, 1.54) is 19.3 Å². The van der Waals surface area contributed by atoms with Gasteiger partial charge in [0.1, 0.15) is 0 Å². The Morgan fingerprint density at radius 1 is 1.08 bits per heavy atom. The Morgan fingerprint density at radius 2 is 1.67 bits per heavy atom. The van der Waals surface area contributed by atoms with Crippen LogP contribution in [-0.4, -0.2) is 42.9 Å². The molecule has 6 heteroatoms. The summed E-state index contributed by atoms with van der Waals surface area (Å²) in [5.41, 5.74) is 6.92. The van der Waals surface area contributed by atoms with E-state index >= 15 is 0 Å². The standard InChI is InChI=1S/C18H28N4O2/c1-14(13-19)18(24)21-16-7-5-15(6-8-16)20-17(23)9-12-22-10-3-2-4-11-22/h5-8,14H,2-4,9-13,19H2,1H3,(H,20,23)(H,21,24). The van der Waals surface area contributed by atoms with Crippen LogP contribution in [0.3, 0.4) is 0 Å². The molecule has 132 valence electrons. The number of carbonyl (C=O) groups is 2. The van der Waals surface area contributed by atoms with E-state index in [0.29, 0.717) is 18.7 Å². The summed E-state index contributed by atoms with van der Waals surface area (Å²) in [5.74, 6) is -0.302. The minimum atomic E-state index is -0.223. The molecule has 1 aliphatic heterocycles. The number of hydrogen-bond acceptors (Lipinski definition) is 4. The first-order valence-electron chi connectivity index (χ1n) is 8.71. The normalized spacial score (nSPS) is 16.4. The lowest BCUT2D eigenvalue weighted by Gasteiger charge is -2.25. The molecule has 1 unspecified atom stereocenters. The van der Waals surface area contributed by atoms with Crippen LogP contribution in [-0.2, 0) is 9.59 Å². The summed E-state index contributed by atoms with van der Waals surface area (Å²) < 4.78 is 0. The van der Waals surface area contributed by atoms with Gasteiger partial charge in [0.05, 0.1) is 0 Å². The van der Waals surface area contributed by atoms with Crippen LogP contribution >= 0.6 is 0 Å². The van der Waals surface area contributed by atoms with Crippen molar-refractivity contribution in [3.8, 4) is 0 Å². The summed E-state index contributed by atoms with van der Waals surface area (Å²) in [4.78, 5) is 26.1. The van der Waals surface area contributed by atoms with E-state index in [0.717, 1.165) is 25.3 Å². The summed E-state index contributed by atoms with van der Waals surface area (Å²) in [6.45, 7) is 5.12. The van der Waals surface area contributed by atoms with E-state index in [-0.39, 0.29) is 17.7 Å². The number of nitrogens with two attached hydrogens (primary N) is 1. The molecule has 1 aromatic carbocycles. The van der Waals surface area contributed by atoms with Crippen molar-refractivity contribution in [1.29, 1.82) is 0 Å². The fourth-order valence-corrected chi connectivity index (χ4v) is 2.68. The summed E-state index contributed by atoms with van der Waals surface area (Å²) >= 11 is 0. The van der Waals surface area contributed by atoms with Crippen molar-refractivity contribution in [3.63, 3.8) is 0 Å². The Hall–Kier alpha value is -1.92. The van der Waals surface area contributed by atoms with E-state index in [1.54, 1.807) is 31.2 Å². The van der Waals surface area contributed by atoms with Gasteiger partial charge >= 0.3 is 0 Å². The van der Waals surface area contributed by atoms with Crippen molar-refractivity contribution in [2.45, 2.75) is 32.6 Å². The van der Waals surface area contributed by atoms with Gasteiger partial charge in [-0.25, -0.2) is 0 Å². The summed E-state index contributed by atoms with van der Waals surface area (Å²) in [7, 11) is 0. The topological polar surface area (TPSA) is 87.5 Å². The van der Waals surface area contributed by atoms with Crippen LogP contribution in [0.1, 0.15) is 32.6 Å². The number of benzene rings is 1. The van der Waals surface area contributed by atoms with Gasteiger partial charge in [0, 0.05) is 36.8 Å². The van der Waals surface area contributed by atoms with Crippen molar-refractivity contribution in [1.82, 2.24) is 4.90 Å². The number of anilines is 2. The number of nitrogens with one attached hydrogen (secondary N) is 2. The highest BCUT2D eigenvalue weighted by molar-refractivity contribution is 5.93. The molecule has 0 aromatic heterocycles. The predicted octanol–water partition coefficient (Wildman–Crippen LogP) is 2.03. The van der Waals surface area contributed by atoms with Gasteiger partial charge in [-0.15, -0.1) is 0 Å². The first kappa shape index (κ1) is 18.4. The molecule has 0 saturated carbocycles. The van der Waals surface area contributed by atoms with Gasteiger partial charge < -0.3 is 21.3 Å². The second-order valence-corrected chi connectivity index (χ2v) is 6.40. The first-order chi connectivity index (χ1) is 11.6. The summed E-state index contributed by atoms with van der Waals surface area (Å²) in [5, 5.41) is 5.70. The number of rotatable bonds is 7. The van der Waals surface area contributed by atoms with Crippen molar-refractivity contribution in [2.75, 3.05) is 36.8 Å². The Kier molecular flexibility index (Phi) is 7.21. The van der Waals surface area contributed by atoms with Gasteiger partial charge in [0.2, 0.25) is 11.8 Å². The maximum atomic E-state index is 12.0. The molecular weight excluding hydrogens is 304 g/mol.